The van der Waals surface area contributed by atoms with Gasteiger partial charge in [0.05, 0.1) is 0 Å². The van der Waals surface area contributed by atoms with Gasteiger partial charge in [-0.2, -0.15) is 0 Å². The number of likely N-dealkylation sites (tertiary alicyclic amines) is 1. The molecule has 14 nitrogen and oxygen atoms in total. The lowest BCUT2D eigenvalue weighted by atomic mass is 10.0. The molecular formula is C30H41N7O7. The van der Waals surface area contributed by atoms with Crippen molar-refractivity contribution >= 4 is 46.4 Å². The first-order valence-corrected chi connectivity index (χ1v) is 15.1. The van der Waals surface area contributed by atoms with Crippen molar-refractivity contribution in [2.75, 3.05) is 13.1 Å². The third kappa shape index (κ3) is 8.13. The minimum Gasteiger partial charge on any atom is -0.480 e. The molecule has 2 aromatic rings. The van der Waals surface area contributed by atoms with Crippen molar-refractivity contribution in [3.63, 3.8) is 0 Å². The standard InChI is InChI=1S/C30H41N7O7/c1-17(29(42)37-14-6-10-24(37)30(43)44)32-28(41)23(16-19-15-18-7-2-3-8-20(18)33-19)36-26(39)21(9-4-5-13-31)35-27(40)22-11-12-25(38)34-22/h2-3,7-8,15,17,21-24,33H,4-6,9-14,16,31H2,1H3,(H,32,41)(H,34,38)(H,35,40)(H,36,39)(H,43,44). The van der Waals surface area contributed by atoms with Gasteiger partial charge in [0.1, 0.15) is 30.2 Å². The van der Waals surface area contributed by atoms with Gasteiger partial charge >= 0.3 is 5.97 Å². The van der Waals surface area contributed by atoms with Crippen LogP contribution in [0.2, 0.25) is 0 Å². The highest BCUT2D eigenvalue weighted by atomic mass is 16.4. The second-order valence-electron chi connectivity index (χ2n) is 11.4. The second-order valence-corrected chi connectivity index (χ2v) is 11.4. The number of carboxylic acids is 1. The Bertz CT molecular complexity index is 1360. The molecule has 8 N–H and O–H groups in total. The summed E-state index contributed by atoms with van der Waals surface area (Å²) in [7, 11) is 0. The van der Waals surface area contributed by atoms with Crippen LogP contribution in [-0.4, -0.2) is 93.8 Å². The summed E-state index contributed by atoms with van der Waals surface area (Å²) in [5, 5.41) is 21.1. The summed E-state index contributed by atoms with van der Waals surface area (Å²) in [5.41, 5.74) is 7.13. The molecule has 5 atom stereocenters. The number of rotatable bonds is 14. The predicted molar refractivity (Wildman–Crippen MR) is 160 cm³/mol. The Hall–Kier alpha value is -4.46. The monoisotopic (exact) mass is 611 g/mol. The number of carbonyl (C=O) groups is 6. The van der Waals surface area contributed by atoms with Crippen molar-refractivity contribution in [3.05, 3.63) is 36.0 Å². The van der Waals surface area contributed by atoms with E-state index in [1.807, 2.05) is 30.3 Å². The molecule has 1 aromatic carbocycles. The first-order chi connectivity index (χ1) is 21.1. The van der Waals surface area contributed by atoms with Gasteiger partial charge in [-0.05, 0) is 69.5 Å². The third-order valence-electron chi connectivity index (χ3n) is 8.08. The molecule has 5 unspecified atom stereocenters. The molecular weight excluding hydrogens is 570 g/mol. The maximum absolute atomic E-state index is 13.6. The molecule has 0 spiro atoms. The molecule has 238 valence electrons. The Balaban J connectivity index is 1.51. The van der Waals surface area contributed by atoms with E-state index < -0.39 is 59.8 Å². The number of carboxylic acid groups (broad SMARTS) is 1. The minimum atomic E-state index is -1.14. The quantitative estimate of drug-likeness (QED) is 0.140. The third-order valence-corrected chi connectivity index (χ3v) is 8.08. The molecule has 0 bridgehead atoms. The van der Waals surface area contributed by atoms with E-state index in [1.54, 1.807) is 0 Å². The largest absolute Gasteiger partial charge is 0.480 e. The summed E-state index contributed by atoms with van der Waals surface area (Å²) in [6.45, 7) is 2.15. The molecule has 5 amide bonds. The Morgan fingerprint density at radius 1 is 1.05 bits per heavy atom. The number of para-hydroxylation sites is 1. The van der Waals surface area contributed by atoms with E-state index in [0.29, 0.717) is 44.3 Å². The van der Waals surface area contributed by atoms with Gasteiger partial charge in [0, 0.05) is 30.6 Å². The number of aliphatic carboxylic acids is 1. The predicted octanol–water partition coefficient (Wildman–Crippen LogP) is -0.332. The fourth-order valence-corrected chi connectivity index (χ4v) is 5.70. The van der Waals surface area contributed by atoms with Crippen LogP contribution >= 0.6 is 0 Å². The maximum atomic E-state index is 13.6. The first-order valence-electron chi connectivity index (χ1n) is 15.1. The van der Waals surface area contributed by atoms with Crippen LogP contribution in [0.25, 0.3) is 10.9 Å². The average Bonchev–Trinajstić information content (AvgIpc) is 3.75. The van der Waals surface area contributed by atoms with E-state index in [4.69, 9.17) is 5.73 Å². The van der Waals surface area contributed by atoms with Gasteiger partial charge in [-0.1, -0.05) is 18.2 Å². The number of nitrogens with two attached hydrogens (primary N) is 1. The summed E-state index contributed by atoms with van der Waals surface area (Å²) in [6, 6.07) is 4.52. The number of aromatic amines is 1. The summed E-state index contributed by atoms with van der Waals surface area (Å²) in [5.74, 6) is -3.59. The summed E-state index contributed by atoms with van der Waals surface area (Å²) >= 11 is 0. The van der Waals surface area contributed by atoms with Crippen molar-refractivity contribution in [2.24, 2.45) is 5.73 Å². The lowest BCUT2D eigenvalue weighted by Gasteiger charge is -2.27. The number of H-pyrrole nitrogens is 1. The smallest absolute Gasteiger partial charge is 0.326 e. The fraction of sp³-hybridized carbons (Fsp3) is 0.533. The minimum absolute atomic E-state index is 0.0524. The molecule has 2 saturated heterocycles. The molecule has 44 heavy (non-hydrogen) atoms. The average molecular weight is 612 g/mol. The van der Waals surface area contributed by atoms with Crippen LogP contribution in [0.3, 0.4) is 0 Å². The molecule has 3 heterocycles. The highest BCUT2D eigenvalue weighted by Crippen LogP contribution is 2.19. The van der Waals surface area contributed by atoms with Crippen LogP contribution in [0.1, 0.15) is 57.6 Å². The number of benzene rings is 1. The topological polar surface area (TPSA) is 216 Å². The molecule has 2 fully saturated rings. The zero-order valence-corrected chi connectivity index (χ0v) is 24.8. The lowest BCUT2D eigenvalue weighted by Crippen LogP contribution is -2.58. The molecule has 0 saturated carbocycles. The number of fused-ring (bicyclic) bond motifs is 1. The van der Waals surface area contributed by atoms with E-state index >= 15 is 0 Å². The molecule has 0 radical (unpaired) electrons. The number of nitrogens with zero attached hydrogens (tertiary/aromatic N) is 1. The zero-order valence-electron chi connectivity index (χ0n) is 24.8. The van der Waals surface area contributed by atoms with Crippen LogP contribution in [0.4, 0.5) is 0 Å². The number of amides is 5. The summed E-state index contributed by atoms with van der Waals surface area (Å²) in [6.07, 6.45) is 2.89. The van der Waals surface area contributed by atoms with E-state index in [1.165, 1.54) is 11.8 Å². The summed E-state index contributed by atoms with van der Waals surface area (Å²) < 4.78 is 0. The Kier molecular flexibility index (Phi) is 10.9. The maximum Gasteiger partial charge on any atom is 0.326 e. The van der Waals surface area contributed by atoms with Gasteiger partial charge in [-0.3, -0.25) is 24.0 Å². The molecule has 14 heteroatoms. The van der Waals surface area contributed by atoms with E-state index in [2.05, 4.69) is 26.3 Å². The number of nitrogens with one attached hydrogen (secondary N) is 5. The highest BCUT2D eigenvalue weighted by Gasteiger charge is 2.37. The van der Waals surface area contributed by atoms with E-state index in [-0.39, 0.29) is 31.7 Å². The number of carbonyl (C=O) groups excluding carboxylic acids is 5. The fourth-order valence-electron chi connectivity index (χ4n) is 5.70. The van der Waals surface area contributed by atoms with Gasteiger partial charge in [-0.25, -0.2) is 4.79 Å². The molecule has 2 aliphatic heterocycles. The molecule has 0 aliphatic carbocycles. The van der Waals surface area contributed by atoms with Crippen LogP contribution in [0, 0.1) is 0 Å². The Morgan fingerprint density at radius 3 is 2.48 bits per heavy atom. The molecule has 4 rings (SSSR count). The normalized spacial score (nSPS) is 20.0. The Morgan fingerprint density at radius 2 is 1.80 bits per heavy atom. The summed E-state index contributed by atoms with van der Waals surface area (Å²) in [4.78, 5) is 80.9. The van der Waals surface area contributed by atoms with Gasteiger partial charge in [-0.15, -0.1) is 0 Å². The van der Waals surface area contributed by atoms with Crippen LogP contribution in [-0.2, 0) is 35.2 Å². The van der Waals surface area contributed by atoms with Crippen LogP contribution < -0.4 is 27.0 Å². The van der Waals surface area contributed by atoms with Gasteiger partial charge in [0.25, 0.3) is 0 Å². The number of aromatic nitrogens is 1. The van der Waals surface area contributed by atoms with Crippen molar-refractivity contribution < 1.29 is 33.9 Å². The Labute approximate surface area is 254 Å². The van der Waals surface area contributed by atoms with Crippen molar-refractivity contribution in [1.29, 1.82) is 0 Å². The first kappa shape index (κ1) is 32.5. The van der Waals surface area contributed by atoms with Gasteiger partial charge < -0.3 is 42.0 Å². The number of hydrogen-bond donors (Lipinski definition) is 7. The van der Waals surface area contributed by atoms with Gasteiger partial charge in [0.15, 0.2) is 0 Å². The van der Waals surface area contributed by atoms with Crippen LogP contribution in [0.5, 0.6) is 0 Å². The number of unbranched alkanes of at least 4 members (excludes halogenated alkanes) is 1. The van der Waals surface area contributed by atoms with Crippen LogP contribution in [0.15, 0.2) is 30.3 Å². The second kappa shape index (κ2) is 14.8. The molecule has 1 aromatic heterocycles. The van der Waals surface area contributed by atoms with Crippen molar-refractivity contribution in [2.45, 2.75) is 88.5 Å². The zero-order chi connectivity index (χ0) is 31.8. The van der Waals surface area contributed by atoms with E-state index in [9.17, 15) is 33.9 Å². The van der Waals surface area contributed by atoms with Crippen molar-refractivity contribution in [3.8, 4) is 0 Å². The van der Waals surface area contributed by atoms with Gasteiger partial charge in [0.2, 0.25) is 29.5 Å². The molecule has 2 aliphatic rings. The lowest BCUT2D eigenvalue weighted by molar-refractivity contribution is -0.149. The SMILES string of the molecule is CC(NC(=O)C(Cc1cc2ccccc2[nH]1)NC(=O)C(CCCCN)NC(=O)C1CCC(=O)N1)C(=O)N1CCCC1C(=O)O. The number of hydrogen-bond acceptors (Lipinski definition) is 7. The van der Waals surface area contributed by atoms with Crippen molar-refractivity contribution in [1.82, 2.24) is 31.2 Å². The highest BCUT2D eigenvalue weighted by molar-refractivity contribution is 5.97. The van der Waals surface area contributed by atoms with E-state index in [0.717, 1.165) is 10.9 Å².